The molecule has 6 heteroatoms. The van der Waals surface area contributed by atoms with Gasteiger partial charge in [0, 0.05) is 19.8 Å². The molecule has 6 nitrogen and oxygen atoms in total. The molecule has 0 aliphatic heterocycles. The number of hydrogen-bond acceptors (Lipinski definition) is 4. The highest BCUT2D eigenvalue weighted by Crippen LogP contribution is 2.27. The van der Waals surface area contributed by atoms with Crippen molar-refractivity contribution in [2.45, 2.75) is 12.0 Å². The van der Waals surface area contributed by atoms with Crippen LogP contribution >= 0.6 is 0 Å². The first-order valence-corrected chi connectivity index (χ1v) is 5.23. The molecule has 1 atom stereocenters. The van der Waals surface area contributed by atoms with E-state index in [4.69, 9.17) is 10.2 Å². The summed E-state index contributed by atoms with van der Waals surface area (Å²) in [7, 11) is 3.63. The summed E-state index contributed by atoms with van der Waals surface area (Å²) in [6.07, 6.45) is -0.885. The smallest absolute Gasteiger partial charge is 0.341 e. The van der Waals surface area contributed by atoms with E-state index in [1.165, 1.54) is 12.1 Å². The van der Waals surface area contributed by atoms with E-state index in [1.54, 1.807) is 17.0 Å². The summed E-state index contributed by atoms with van der Waals surface area (Å²) in [6, 6.07) is 6.05. The molecule has 0 saturated heterocycles. The van der Waals surface area contributed by atoms with Gasteiger partial charge in [0.15, 0.2) is 5.60 Å². The molecule has 1 rings (SSSR count). The van der Waals surface area contributed by atoms with Crippen molar-refractivity contribution in [3.8, 4) is 0 Å². The molecule has 0 radical (unpaired) electrons. The monoisotopic (exact) mass is 253 g/mol. The lowest BCUT2D eigenvalue weighted by Gasteiger charge is -2.22. The average Bonchev–Trinajstić information content (AvgIpc) is 2.27. The number of aliphatic carboxylic acids is 2. The lowest BCUT2D eigenvalue weighted by atomic mass is 9.90. The summed E-state index contributed by atoms with van der Waals surface area (Å²) < 4.78 is 0. The molecule has 0 amide bonds. The van der Waals surface area contributed by atoms with Gasteiger partial charge in [0.2, 0.25) is 0 Å². The fourth-order valence-corrected chi connectivity index (χ4v) is 1.56. The Morgan fingerprint density at radius 2 is 1.67 bits per heavy atom. The Kier molecular flexibility index (Phi) is 3.93. The maximum atomic E-state index is 11.1. The van der Waals surface area contributed by atoms with Crippen LogP contribution < -0.4 is 4.90 Å². The SMILES string of the molecule is CN(C)c1ccc(C(O)(CC(=O)O)C(=O)O)cc1. The van der Waals surface area contributed by atoms with Gasteiger partial charge in [-0.3, -0.25) is 4.79 Å². The maximum absolute atomic E-state index is 11.1. The molecule has 0 spiro atoms. The van der Waals surface area contributed by atoms with Gasteiger partial charge < -0.3 is 20.2 Å². The first-order chi connectivity index (χ1) is 8.27. The van der Waals surface area contributed by atoms with Crippen molar-refractivity contribution in [2.24, 2.45) is 0 Å². The van der Waals surface area contributed by atoms with Gasteiger partial charge >= 0.3 is 11.9 Å². The zero-order chi connectivity index (χ0) is 13.9. The van der Waals surface area contributed by atoms with Crippen LogP contribution in [-0.2, 0) is 15.2 Å². The molecule has 0 fully saturated rings. The highest BCUT2D eigenvalue weighted by Gasteiger charge is 2.40. The molecule has 98 valence electrons. The van der Waals surface area contributed by atoms with E-state index in [0.717, 1.165) is 5.69 Å². The van der Waals surface area contributed by atoms with Gasteiger partial charge in [-0.05, 0) is 17.7 Å². The molecule has 0 bridgehead atoms. The zero-order valence-electron chi connectivity index (χ0n) is 10.1. The van der Waals surface area contributed by atoms with Crippen molar-refractivity contribution < 1.29 is 24.9 Å². The first kappa shape index (κ1) is 14.0. The minimum atomic E-state index is -2.41. The topological polar surface area (TPSA) is 98.1 Å². The Morgan fingerprint density at radius 1 is 1.17 bits per heavy atom. The summed E-state index contributed by atoms with van der Waals surface area (Å²) in [4.78, 5) is 23.5. The molecule has 0 saturated carbocycles. The third-order valence-electron chi connectivity index (χ3n) is 2.62. The highest BCUT2D eigenvalue weighted by molar-refractivity contribution is 5.85. The minimum Gasteiger partial charge on any atom is -0.481 e. The second kappa shape index (κ2) is 5.05. The Labute approximate surface area is 104 Å². The molecular weight excluding hydrogens is 238 g/mol. The van der Waals surface area contributed by atoms with E-state index in [9.17, 15) is 14.7 Å². The minimum absolute atomic E-state index is 0.0444. The van der Waals surface area contributed by atoms with E-state index >= 15 is 0 Å². The zero-order valence-corrected chi connectivity index (χ0v) is 10.1. The van der Waals surface area contributed by atoms with Gasteiger partial charge in [0.1, 0.15) is 0 Å². The van der Waals surface area contributed by atoms with Crippen LogP contribution in [0.2, 0.25) is 0 Å². The number of rotatable bonds is 5. The third-order valence-corrected chi connectivity index (χ3v) is 2.62. The molecular formula is C12H15NO5. The van der Waals surface area contributed by atoms with Crippen LogP contribution in [0.25, 0.3) is 0 Å². The van der Waals surface area contributed by atoms with Crippen LogP contribution in [0.1, 0.15) is 12.0 Å². The number of nitrogens with zero attached hydrogens (tertiary/aromatic N) is 1. The van der Waals surface area contributed by atoms with E-state index < -0.39 is 24.0 Å². The van der Waals surface area contributed by atoms with Crippen LogP contribution in [0.5, 0.6) is 0 Å². The Hall–Kier alpha value is -2.08. The quantitative estimate of drug-likeness (QED) is 0.706. The number of benzene rings is 1. The van der Waals surface area contributed by atoms with Crippen molar-refractivity contribution in [1.29, 1.82) is 0 Å². The number of carboxylic acid groups (broad SMARTS) is 2. The summed E-state index contributed by atoms with van der Waals surface area (Å²) in [5, 5.41) is 27.6. The molecule has 1 aromatic rings. The highest BCUT2D eigenvalue weighted by atomic mass is 16.4. The summed E-state index contributed by atoms with van der Waals surface area (Å²) in [5.41, 5.74) is -1.54. The molecule has 0 aromatic heterocycles. The normalized spacial score (nSPS) is 13.7. The fraction of sp³-hybridized carbons (Fsp3) is 0.333. The molecule has 0 aliphatic rings. The first-order valence-electron chi connectivity index (χ1n) is 5.23. The summed E-state index contributed by atoms with van der Waals surface area (Å²) in [5.74, 6) is -2.96. The number of anilines is 1. The second-order valence-electron chi connectivity index (χ2n) is 4.18. The van der Waals surface area contributed by atoms with Crippen LogP contribution in [0.4, 0.5) is 5.69 Å². The number of carboxylic acids is 2. The van der Waals surface area contributed by atoms with E-state index in [1.807, 2.05) is 14.1 Å². The summed E-state index contributed by atoms with van der Waals surface area (Å²) in [6.45, 7) is 0. The van der Waals surface area contributed by atoms with Gasteiger partial charge in [0.25, 0.3) is 0 Å². The fourth-order valence-electron chi connectivity index (χ4n) is 1.56. The van der Waals surface area contributed by atoms with Crippen LogP contribution in [0.3, 0.4) is 0 Å². The van der Waals surface area contributed by atoms with Crippen LogP contribution in [0.15, 0.2) is 24.3 Å². The molecule has 1 aromatic carbocycles. The van der Waals surface area contributed by atoms with Crippen molar-refractivity contribution in [3.05, 3.63) is 29.8 Å². The van der Waals surface area contributed by atoms with E-state index in [2.05, 4.69) is 0 Å². The van der Waals surface area contributed by atoms with Gasteiger partial charge in [0.05, 0.1) is 6.42 Å². The third kappa shape index (κ3) is 2.78. The lowest BCUT2D eigenvalue weighted by Crippen LogP contribution is -2.37. The summed E-state index contributed by atoms with van der Waals surface area (Å²) >= 11 is 0. The standard InChI is InChI=1S/C12H15NO5/c1-13(2)9-5-3-8(4-6-9)12(18,11(16)17)7-10(14)15/h3-6,18H,7H2,1-2H3,(H,14,15)(H,16,17). The molecule has 1 unspecified atom stereocenters. The van der Waals surface area contributed by atoms with Crippen molar-refractivity contribution in [1.82, 2.24) is 0 Å². The van der Waals surface area contributed by atoms with Crippen molar-refractivity contribution >= 4 is 17.6 Å². The number of hydrogen-bond donors (Lipinski definition) is 3. The molecule has 3 N–H and O–H groups in total. The van der Waals surface area contributed by atoms with Gasteiger partial charge in [-0.25, -0.2) is 4.79 Å². The van der Waals surface area contributed by atoms with Gasteiger partial charge in [-0.2, -0.15) is 0 Å². The second-order valence-corrected chi connectivity index (χ2v) is 4.18. The molecule has 18 heavy (non-hydrogen) atoms. The van der Waals surface area contributed by atoms with Crippen molar-refractivity contribution in [3.63, 3.8) is 0 Å². The van der Waals surface area contributed by atoms with Gasteiger partial charge in [-0.1, -0.05) is 12.1 Å². The average molecular weight is 253 g/mol. The Bertz CT molecular complexity index is 454. The van der Waals surface area contributed by atoms with E-state index in [0.29, 0.717) is 0 Å². The van der Waals surface area contributed by atoms with Crippen LogP contribution in [-0.4, -0.2) is 41.4 Å². The van der Waals surface area contributed by atoms with Crippen molar-refractivity contribution in [2.75, 3.05) is 19.0 Å². The molecule has 0 heterocycles. The molecule has 0 aliphatic carbocycles. The Balaban J connectivity index is 3.14. The number of aliphatic hydroxyl groups is 1. The van der Waals surface area contributed by atoms with Gasteiger partial charge in [-0.15, -0.1) is 0 Å². The maximum Gasteiger partial charge on any atom is 0.341 e. The lowest BCUT2D eigenvalue weighted by molar-refractivity contribution is -0.166. The Morgan fingerprint density at radius 3 is 2.00 bits per heavy atom. The predicted octanol–water partition coefficient (Wildman–Crippen LogP) is 0.499. The van der Waals surface area contributed by atoms with Crippen LogP contribution in [0, 0.1) is 0 Å². The predicted molar refractivity (Wildman–Crippen MR) is 64.6 cm³/mol. The largest absolute Gasteiger partial charge is 0.481 e. The number of carbonyl (C=O) groups is 2. The van der Waals surface area contributed by atoms with E-state index in [-0.39, 0.29) is 5.56 Å².